The Morgan fingerprint density at radius 3 is 2.65 bits per heavy atom. The van der Waals surface area contributed by atoms with E-state index in [0.29, 0.717) is 12.5 Å². The normalized spacial score (nSPS) is 12.4. The Kier molecular flexibility index (Phi) is 5.15. The molecule has 0 radical (unpaired) electrons. The molecule has 0 aromatic carbocycles. The van der Waals surface area contributed by atoms with Crippen molar-refractivity contribution in [1.29, 1.82) is 0 Å². The summed E-state index contributed by atoms with van der Waals surface area (Å²) in [6, 6.07) is 3.54. The van der Waals surface area contributed by atoms with Crippen LogP contribution in [0.3, 0.4) is 0 Å². The summed E-state index contributed by atoms with van der Waals surface area (Å²) in [5.41, 5.74) is 0. The molecule has 1 heterocycles. The minimum Gasteiger partial charge on any atom is -0.481 e. The molecule has 94 valence electrons. The van der Waals surface area contributed by atoms with Crippen LogP contribution in [0.1, 0.15) is 31.1 Å². The molecule has 4 nitrogen and oxygen atoms in total. The lowest BCUT2D eigenvalue weighted by molar-refractivity contribution is -0.140. The molecule has 0 saturated carbocycles. The SMILES string of the molecule is CC(C)CNC(=O)CC(C(=O)O)c1cccs1. The van der Waals surface area contributed by atoms with Gasteiger partial charge < -0.3 is 10.4 Å². The van der Waals surface area contributed by atoms with Crippen LogP contribution in [-0.4, -0.2) is 23.5 Å². The van der Waals surface area contributed by atoms with Crippen LogP contribution in [0.25, 0.3) is 0 Å². The first-order chi connectivity index (χ1) is 8.00. The number of amides is 1. The van der Waals surface area contributed by atoms with Crippen LogP contribution in [-0.2, 0) is 9.59 Å². The van der Waals surface area contributed by atoms with Crippen LogP contribution >= 0.6 is 11.3 Å². The summed E-state index contributed by atoms with van der Waals surface area (Å²) in [6.07, 6.45) is 0.00255. The van der Waals surface area contributed by atoms with Gasteiger partial charge in [-0.2, -0.15) is 0 Å². The van der Waals surface area contributed by atoms with E-state index in [0.717, 1.165) is 4.88 Å². The van der Waals surface area contributed by atoms with Crippen molar-refractivity contribution in [3.8, 4) is 0 Å². The lowest BCUT2D eigenvalue weighted by Crippen LogP contribution is -2.30. The van der Waals surface area contributed by atoms with Gasteiger partial charge in [-0.1, -0.05) is 19.9 Å². The molecule has 1 unspecified atom stereocenters. The van der Waals surface area contributed by atoms with E-state index < -0.39 is 11.9 Å². The van der Waals surface area contributed by atoms with Gasteiger partial charge in [0.2, 0.25) is 5.91 Å². The van der Waals surface area contributed by atoms with E-state index in [-0.39, 0.29) is 12.3 Å². The number of carbonyl (C=O) groups excluding carboxylic acids is 1. The summed E-state index contributed by atoms with van der Waals surface area (Å²) in [7, 11) is 0. The van der Waals surface area contributed by atoms with E-state index in [1.807, 2.05) is 19.2 Å². The third-order valence-electron chi connectivity index (χ3n) is 2.28. The Morgan fingerprint density at radius 2 is 2.18 bits per heavy atom. The minimum absolute atomic E-state index is 0.00255. The molecular weight excluding hydrogens is 238 g/mol. The van der Waals surface area contributed by atoms with E-state index in [9.17, 15) is 9.59 Å². The zero-order valence-corrected chi connectivity index (χ0v) is 10.8. The number of aliphatic carboxylic acids is 1. The van der Waals surface area contributed by atoms with E-state index in [2.05, 4.69) is 5.32 Å². The quantitative estimate of drug-likeness (QED) is 0.818. The summed E-state index contributed by atoms with van der Waals surface area (Å²) < 4.78 is 0. The van der Waals surface area contributed by atoms with Gasteiger partial charge in [-0.25, -0.2) is 0 Å². The molecule has 0 aliphatic heterocycles. The number of hydrogen-bond acceptors (Lipinski definition) is 3. The number of hydrogen-bond donors (Lipinski definition) is 2. The molecule has 17 heavy (non-hydrogen) atoms. The van der Waals surface area contributed by atoms with Crippen LogP contribution in [0.5, 0.6) is 0 Å². The highest BCUT2D eigenvalue weighted by atomic mass is 32.1. The Labute approximate surface area is 105 Å². The van der Waals surface area contributed by atoms with Crippen molar-refractivity contribution in [2.24, 2.45) is 5.92 Å². The molecule has 0 aliphatic rings. The van der Waals surface area contributed by atoms with Gasteiger partial charge in [0.25, 0.3) is 0 Å². The second kappa shape index (κ2) is 6.39. The van der Waals surface area contributed by atoms with Gasteiger partial charge in [0, 0.05) is 17.8 Å². The van der Waals surface area contributed by atoms with Crippen molar-refractivity contribution in [2.75, 3.05) is 6.54 Å². The van der Waals surface area contributed by atoms with Gasteiger partial charge >= 0.3 is 5.97 Å². The van der Waals surface area contributed by atoms with Gasteiger partial charge in [0.15, 0.2) is 0 Å². The van der Waals surface area contributed by atoms with Crippen molar-refractivity contribution < 1.29 is 14.7 Å². The van der Waals surface area contributed by atoms with E-state index >= 15 is 0 Å². The molecule has 2 N–H and O–H groups in total. The largest absolute Gasteiger partial charge is 0.481 e. The number of thiophene rings is 1. The fraction of sp³-hybridized carbons (Fsp3) is 0.500. The summed E-state index contributed by atoms with van der Waals surface area (Å²) in [6.45, 7) is 4.57. The Bertz CT molecular complexity index is 373. The van der Waals surface area contributed by atoms with E-state index in [1.54, 1.807) is 12.1 Å². The topological polar surface area (TPSA) is 66.4 Å². The molecule has 1 aromatic rings. The molecule has 1 rings (SSSR count). The van der Waals surface area contributed by atoms with Gasteiger partial charge in [0.05, 0.1) is 5.92 Å². The van der Waals surface area contributed by atoms with Crippen LogP contribution < -0.4 is 5.32 Å². The van der Waals surface area contributed by atoms with Crippen molar-refractivity contribution in [1.82, 2.24) is 5.32 Å². The Morgan fingerprint density at radius 1 is 1.47 bits per heavy atom. The maximum Gasteiger partial charge on any atom is 0.312 e. The highest BCUT2D eigenvalue weighted by Crippen LogP contribution is 2.24. The van der Waals surface area contributed by atoms with Gasteiger partial charge in [0.1, 0.15) is 0 Å². The Hall–Kier alpha value is -1.36. The second-order valence-corrected chi connectivity index (χ2v) is 5.29. The molecule has 0 fully saturated rings. The predicted octanol–water partition coefficient (Wildman–Crippen LogP) is 2.08. The number of nitrogens with one attached hydrogen (secondary N) is 1. The first kappa shape index (κ1) is 13.7. The molecule has 0 spiro atoms. The van der Waals surface area contributed by atoms with Gasteiger partial charge in [-0.05, 0) is 17.4 Å². The third kappa shape index (κ3) is 4.56. The highest BCUT2D eigenvalue weighted by molar-refractivity contribution is 7.10. The van der Waals surface area contributed by atoms with Crippen LogP contribution in [0.4, 0.5) is 0 Å². The molecule has 5 heteroatoms. The maximum atomic E-state index is 11.6. The molecule has 0 bridgehead atoms. The minimum atomic E-state index is -0.952. The molecule has 1 aromatic heterocycles. The monoisotopic (exact) mass is 255 g/mol. The van der Waals surface area contributed by atoms with Crippen LogP contribution in [0, 0.1) is 5.92 Å². The number of rotatable bonds is 6. The first-order valence-corrected chi connectivity index (χ1v) is 6.41. The van der Waals surface area contributed by atoms with Crippen molar-refractivity contribution in [3.05, 3.63) is 22.4 Å². The smallest absolute Gasteiger partial charge is 0.312 e. The fourth-order valence-corrected chi connectivity index (χ4v) is 2.19. The molecule has 1 atom stereocenters. The number of carbonyl (C=O) groups is 2. The summed E-state index contributed by atoms with van der Waals surface area (Å²) in [5, 5.41) is 13.6. The van der Waals surface area contributed by atoms with Crippen LogP contribution in [0.2, 0.25) is 0 Å². The van der Waals surface area contributed by atoms with Gasteiger partial charge in [-0.15, -0.1) is 11.3 Å². The average molecular weight is 255 g/mol. The van der Waals surface area contributed by atoms with Gasteiger partial charge in [-0.3, -0.25) is 9.59 Å². The van der Waals surface area contributed by atoms with Crippen LogP contribution in [0.15, 0.2) is 17.5 Å². The summed E-state index contributed by atoms with van der Waals surface area (Å²) in [5.74, 6) is -1.53. The zero-order chi connectivity index (χ0) is 12.8. The third-order valence-corrected chi connectivity index (χ3v) is 3.27. The average Bonchev–Trinajstić information content (AvgIpc) is 2.75. The molecule has 1 amide bonds. The second-order valence-electron chi connectivity index (χ2n) is 4.31. The Balaban J connectivity index is 2.56. The lowest BCUT2D eigenvalue weighted by atomic mass is 10.0. The molecule has 0 saturated heterocycles. The highest BCUT2D eigenvalue weighted by Gasteiger charge is 2.23. The summed E-state index contributed by atoms with van der Waals surface area (Å²) >= 11 is 1.36. The van der Waals surface area contributed by atoms with E-state index in [4.69, 9.17) is 5.11 Å². The van der Waals surface area contributed by atoms with E-state index in [1.165, 1.54) is 11.3 Å². The first-order valence-electron chi connectivity index (χ1n) is 5.53. The zero-order valence-electron chi connectivity index (χ0n) is 9.97. The predicted molar refractivity (Wildman–Crippen MR) is 67.2 cm³/mol. The molecule has 0 aliphatic carbocycles. The number of carboxylic acids is 1. The maximum absolute atomic E-state index is 11.6. The van der Waals surface area contributed by atoms with Crippen molar-refractivity contribution in [3.63, 3.8) is 0 Å². The number of carboxylic acid groups (broad SMARTS) is 1. The summed E-state index contributed by atoms with van der Waals surface area (Å²) in [4.78, 5) is 23.4. The standard InChI is InChI=1S/C12H17NO3S/c1-8(2)7-13-11(14)6-9(12(15)16)10-4-3-5-17-10/h3-5,8-9H,6-7H2,1-2H3,(H,13,14)(H,15,16). The lowest BCUT2D eigenvalue weighted by Gasteiger charge is -2.11. The fourth-order valence-electron chi connectivity index (χ4n) is 1.37. The van der Waals surface area contributed by atoms with Crippen molar-refractivity contribution in [2.45, 2.75) is 26.2 Å². The molecular formula is C12H17NO3S. The van der Waals surface area contributed by atoms with Crippen molar-refractivity contribution >= 4 is 23.2 Å².